The molecule has 0 radical (unpaired) electrons. The van der Waals surface area contributed by atoms with E-state index < -0.39 is 10.0 Å². The molecular weight excluding hydrogens is 379 g/mol. The number of nitrogens with one attached hydrogen (secondary N) is 1. The lowest BCUT2D eigenvalue weighted by molar-refractivity contribution is -0.116. The van der Waals surface area contributed by atoms with Gasteiger partial charge in [-0.15, -0.1) is 0 Å². The van der Waals surface area contributed by atoms with Gasteiger partial charge >= 0.3 is 0 Å². The Morgan fingerprint density at radius 1 is 1.19 bits per heavy atom. The highest BCUT2D eigenvalue weighted by molar-refractivity contribution is 7.92. The second kappa shape index (κ2) is 8.51. The van der Waals surface area contributed by atoms with Crippen molar-refractivity contribution in [3.63, 3.8) is 0 Å². The molecule has 0 aliphatic carbocycles. The van der Waals surface area contributed by atoms with Crippen molar-refractivity contribution in [2.24, 2.45) is 0 Å². The van der Waals surface area contributed by atoms with Crippen LogP contribution in [0.4, 0.5) is 15.8 Å². The van der Waals surface area contributed by atoms with Gasteiger partial charge in [-0.1, -0.05) is 17.7 Å². The summed E-state index contributed by atoms with van der Waals surface area (Å²) < 4.78 is 38.4. The first-order valence-electron chi connectivity index (χ1n) is 7.96. The van der Waals surface area contributed by atoms with Crippen LogP contribution in [0, 0.1) is 12.7 Å². The van der Waals surface area contributed by atoms with Crippen LogP contribution in [0.3, 0.4) is 0 Å². The van der Waals surface area contributed by atoms with E-state index in [1.807, 2.05) is 0 Å². The fourth-order valence-corrected chi connectivity index (χ4v) is 3.64. The van der Waals surface area contributed by atoms with Gasteiger partial charge in [0.2, 0.25) is 15.9 Å². The lowest BCUT2D eigenvalue weighted by atomic mass is 10.2. The van der Waals surface area contributed by atoms with Gasteiger partial charge in [-0.3, -0.25) is 9.10 Å². The van der Waals surface area contributed by atoms with Gasteiger partial charge in [0.1, 0.15) is 5.82 Å². The normalized spacial score (nSPS) is 11.2. The van der Waals surface area contributed by atoms with E-state index in [-0.39, 0.29) is 24.7 Å². The molecule has 8 heteroatoms. The summed E-state index contributed by atoms with van der Waals surface area (Å²) in [7, 11) is -3.52. The average Bonchev–Trinajstić information content (AvgIpc) is 2.55. The van der Waals surface area contributed by atoms with Crippen LogP contribution in [0.2, 0.25) is 5.02 Å². The van der Waals surface area contributed by atoms with Crippen LogP contribution < -0.4 is 9.62 Å². The third kappa shape index (κ3) is 5.71. The molecule has 140 valence electrons. The SMILES string of the molecule is Cc1ccc(Cl)cc1N(CCCC(=O)Nc1ccc(F)cc1)S(C)(=O)=O. The summed E-state index contributed by atoms with van der Waals surface area (Å²) in [6, 6.07) is 10.5. The fourth-order valence-electron chi connectivity index (χ4n) is 2.46. The number of hydrogen-bond acceptors (Lipinski definition) is 3. The van der Waals surface area contributed by atoms with Crippen molar-refractivity contribution >= 4 is 38.9 Å². The van der Waals surface area contributed by atoms with E-state index in [0.717, 1.165) is 11.8 Å². The monoisotopic (exact) mass is 398 g/mol. The summed E-state index contributed by atoms with van der Waals surface area (Å²) >= 11 is 5.98. The molecule has 5 nitrogen and oxygen atoms in total. The Kier molecular flexibility index (Phi) is 6.61. The summed E-state index contributed by atoms with van der Waals surface area (Å²) in [6.07, 6.45) is 1.57. The second-order valence-electron chi connectivity index (χ2n) is 5.92. The maximum atomic E-state index is 12.9. The van der Waals surface area contributed by atoms with Gasteiger partial charge in [-0.25, -0.2) is 12.8 Å². The van der Waals surface area contributed by atoms with Crippen LogP contribution >= 0.6 is 11.6 Å². The highest BCUT2D eigenvalue weighted by Gasteiger charge is 2.19. The van der Waals surface area contributed by atoms with Gasteiger partial charge in [0.25, 0.3) is 0 Å². The van der Waals surface area contributed by atoms with Crippen LogP contribution in [-0.4, -0.2) is 27.1 Å². The molecule has 2 aromatic carbocycles. The predicted octanol–water partition coefficient (Wildman–Crippen LogP) is 3.97. The van der Waals surface area contributed by atoms with Gasteiger partial charge in [-0.05, 0) is 55.3 Å². The predicted molar refractivity (Wildman–Crippen MR) is 103 cm³/mol. The third-order valence-electron chi connectivity index (χ3n) is 3.73. The van der Waals surface area contributed by atoms with Gasteiger partial charge in [0.15, 0.2) is 0 Å². The maximum absolute atomic E-state index is 12.9. The van der Waals surface area contributed by atoms with Gasteiger partial charge in [0.05, 0.1) is 11.9 Å². The van der Waals surface area contributed by atoms with Crippen LogP contribution in [0.15, 0.2) is 42.5 Å². The number of amides is 1. The van der Waals surface area contributed by atoms with Crippen molar-refractivity contribution in [2.75, 3.05) is 22.4 Å². The molecule has 0 aliphatic rings. The number of benzene rings is 2. The smallest absolute Gasteiger partial charge is 0.232 e. The first kappa shape index (κ1) is 20.2. The average molecular weight is 399 g/mol. The number of carbonyl (C=O) groups excluding carboxylic acids is 1. The van der Waals surface area contributed by atoms with Crippen molar-refractivity contribution < 1.29 is 17.6 Å². The minimum Gasteiger partial charge on any atom is -0.326 e. The molecular formula is C18H20ClFN2O3S. The van der Waals surface area contributed by atoms with E-state index in [1.54, 1.807) is 25.1 Å². The van der Waals surface area contributed by atoms with Crippen LogP contribution in [0.25, 0.3) is 0 Å². The van der Waals surface area contributed by atoms with Crippen molar-refractivity contribution in [3.8, 4) is 0 Å². The number of halogens is 2. The number of aryl methyl sites for hydroxylation is 1. The van der Waals surface area contributed by atoms with Crippen LogP contribution in [0.5, 0.6) is 0 Å². The molecule has 1 N–H and O–H groups in total. The lowest BCUT2D eigenvalue weighted by Crippen LogP contribution is -2.32. The Labute approximate surface area is 157 Å². The Morgan fingerprint density at radius 3 is 2.46 bits per heavy atom. The number of carbonyl (C=O) groups is 1. The minimum absolute atomic E-state index is 0.128. The summed E-state index contributed by atoms with van der Waals surface area (Å²) in [5.41, 5.74) is 1.76. The second-order valence-corrected chi connectivity index (χ2v) is 8.27. The van der Waals surface area contributed by atoms with E-state index in [0.29, 0.717) is 22.8 Å². The number of hydrogen-bond donors (Lipinski definition) is 1. The molecule has 0 saturated carbocycles. The topological polar surface area (TPSA) is 66.5 Å². The highest BCUT2D eigenvalue weighted by atomic mass is 35.5. The first-order chi connectivity index (χ1) is 12.2. The summed E-state index contributed by atoms with van der Waals surface area (Å²) in [5, 5.41) is 3.09. The molecule has 0 fully saturated rings. The van der Waals surface area contributed by atoms with Crippen molar-refractivity contribution in [1.29, 1.82) is 0 Å². The van der Waals surface area contributed by atoms with Crippen LogP contribution in [0.1, 0.15) is 18.4 Å². The van der Waals surface area contributed by atoms with Gasteiger partial charge < -0.3 is 5.32 Å². The Bertz CT molecular complexity index is 886. The van der Waals surface area contributed by atoms with E-state index in [9.17, 15) is 17.6 Å². The lowest BCUT2D eigenvalue weighted by Gasteiger charge is -2.24. The molecule has 2 aromatic rings. The molecule has 26 heavy (non-hydrogen) atoms. The molecule has 0 unspecified atom stereocenters. The minimum atomic E-state index is -3.52. The fraction of sp³-hybridized carbons (Fsp3) is 0.278. The quantitative estimate of drug-likeness (QED) is 0.767. The largest absolute Gasteiger partial charge is 0.326 e. The van der Waals surface area contributed by atoms with Gasteiger partial charge in [0, 0.05) is 23.7 Å². The zero-order valence-electron chi connectivity index (χ0n) is 14.5. The molecule has 2 rings (SSSR count). The van der Waals surface area contributed by atoms with Crippen molar-refractivity contribution in [2.45, 2.75) is 19.8 Å². The summed E-state index contributed by atoms with van der Waals surface area (Å²) in [4.78, 5) is 12.0. The standard InChI is InChI=1S/C18H20ClFN2O3S/c1-13-5-6-14(19)12-17(13)22(26(2,24)25)11-3-4-18(23)21-16-9-7-15(20)8-10-16/h5-10,12H,3-4,11H2,1-2H3,(H,21,23). The van der Waals surface area contributed by atoms with Crippen molar-refractivity contribution in [1.82, 2.24) is 0 Å². The molecule has 0 bridgehead atoms. The number of sulfonamides is 1. The van der Waals surface area contributed by atoms with Crippen molar-refractivity contribution in [3.05, 3.63) is 58.9 Å². The summed E-state index contributed by atoms with van der Waals surface area (Å²) in [6.45, 7) is 1.95. The van der Waals surface area contributed by atoms with Gasteiger partial charge in [-0.2, -0.15) is 0 Å². The molecule has 0 aliphatic heterocycles. The molecule has 0 saturated heterocycles. The zero-order valence-corrected chi connectivity index (χ0v) is 16.1. The molecule has 0 spiro atoms. The number of nitrogens with zero attached hydrogens (tertiary/aromatic N) is 1. The summed E-state index contributed by atoms with van der Waals surface area (Å²) in [5.74, 6) is -0.656. The Balaban J connectivity index is 2.01. The zero-order chi connectivity index (χ0) is 19.3. The molecule has 0 atom stereocenters. The number of rotatable bonds is 7. The molecule has 1 amide bonds. The van der Waals surface area contributed by atoms with E-state index in [1.165, 1.54) is 28.6 Å². The van der Waals surface area contributed by atoms with Crippen LogP contribution in [-0.2, 0) is 14.8 Å². The van der Waals surface area contributed by atoms with E-state index in [2.05, 4.69) is 5.32 Å². The Hall–Kier alpha value is -2.12. The highest BCUT2D eigenvalue weighted by Crippen LogP contribution is 2.26. The molecule has 0 aromatic heterocycles. The first-order valence-corrected chi connectivity index (χ1v) is 10.2. The van der Waals surface area contributed by atoms with E-state index in [4.69, 9.17) is 11.6 Å². The van der Waals surface area contributed by atoms with E-state index >= 15 is 0 Å². The number of anilines is 2. The Morgan fingerprint density at radius 2 is 1.85 bits per heavy atom. The third-order valence-corrected chi connectivity index (χ3v) is 5.15. The molecule has 0 heterocycles. The maximum Gasteiger partial charge on any atom is 0.232 e.